The van der Waals surface area contributed by atoms with E-state index in [0.29, 0.717) is 0 Å². The zero-order valence-corrected chi connectivity index (χ0v) is 7.03. The maximum Gasteiger partial charge on any atom is 0.115 e. The molecule has 0 aliphatic heterocycles. The average Bonchev–Trinajstić information content (AvgIpc) is 2.10. The van der Waals surface area contributed by atoms with Gasteiger partial charge in [-0.15, -0.1) is 6.58 Å². The van der Waals surface area contributed by atoms with Gasteiger partial charge >= 0.3 is 0 Å². The molecule has 0 aliphatic carbocycles. The molecule has 0 radical (unpaired) electrons. The molecule has 0 saturated carbocycles. The molecule has 1 atom stereocenters. The smallest absolute Gasteiger partial charge is 0.115 e. The van der Waals surface area contributed by atoms with Crippen molar-refractivity contribution in [3.63, 3.8) is 0 Å². The van der Waals surface area contributed by atoms with Crippen LogP contribution >= 0.6 is 0 Å². The molecule has 1 unspecified atom stereocenters. The zero-order chi connectivity index (χ0) is 8.97. The third-order valence-corrected chi connectivity index (χ3v) is 1.69. The van der Waals surface area contributed by atoms with E-state index in [2.05, 4.69) is 6.58 Å². The van der Waals surface area contributed by atoms with Crippen LogP contribution in [0, 0.1) is 0 Å². The van der Waals surface area contributed by atoms with Gasteiger partial charge < -0.3 is 9.84 Å². The Morgan fingerprint density at radius 1 is 1.42 bits per heavy atom. The second-order valence-corrected chi connectivity index (χ2v) is 2.48. The van der Waals surface area contributed by atoms with Crippen LogP contribution in [-0.2, 0) is 4.74 Å². The lowest BCUT2D eigenvalue weighted by Gasteiger charge is -2.09. The van der Waals surface area contributed by atoms with Crippen molar-refractivity contribution in [1.82, 2.24) is 0 Å². The van der Waals surface area contributed by atoms with E-state index in [9.17, 15) is 0 Å². The van der Waals surface area contributed by atoms with Crippen molar-refractivity contribution in [3.8, 4) is 5.75 Å². The molecular formula is C10H12O2. The Morgan fingerprint density at radius 2 is 2.00 bits per heavy atom. The minimum absolute atomic E-state index is 0.0920. The van der Waals surface area contributed by atoms with E-state index in [1.165, 1.54) is 0 Å². The van der Waals surface area contributed by atoms with Gasteiger partial charge in [0.25, 0.3) is 0 Å². The average molecular weight is 164 g/mol. The van der Waals surface area contributed by atoms with Crippen LogP contribution in [0.4, 0.5) is 0 Å². The second-order valence-electron chi connectivity index (χ2n) is 2.48. The van der Waals surface area contributed by atoms with Crippen LogP contribution in [0.15, 0.2) is 36.9 Å². The zero-order valence-electron chi connectivity index (χ0n) is 7.03. The molecule has 64 valence electrons. The number of hydrogen-bond donors (Lipinski definition) is 1. The van der Waals surface area contributed by atoms with Crippen LogP contribution in [0.1, 0.15) is 11.7 Å². The van der Waals surface area contributed by atoms with E-state index in [1.807, 2.05) is 12.1 Å². The van der Waals surface area contributed by atoms with Gasteiger partial charge in [0.2, 0.25) is 0 Å². The van der Waals surface area contributed by atoms with Crippen LogP contribution in [-0.4, -0.2) is 12.2 Å². The Labute approximate surface area is 72.1 Å². The van der Waals surface area contributed by atoms with Crippen LogP contribution in [0.5, 0.6) is 5.75 Å². The molecule has 0 saturated heterocycles. The summed E-state index contributed by atoms with van der Waals surface area (Å²) in [6.45, 7) is 3.64. The van der Waals surface area contributed by atoms with Crippen molar-refractivity contribution in [2.45, 2.75) is 6.10 Å². The van der Waals surface area contributed by atoms with Gasteiger partial charge in [-0.2, -0.15) is 0 Å². The Bertz CT molecular complexity index is 251. The third-order valence-electron chi connectivity index (χ3n) is 1.69. The van der Waals surface area contributed by atoms with Gasteiger partial charge in [0.1, 0.15) is 5.75 Å². The molecule has 1 aromatic rings. The number of hydrogen-bond acceptors (Lipinski definition) is 2. The maximum absolute atomic E-state index is 9.02. The fraction of sp³-hybridized carbons (Fsp3) is 0.200. The van der Waals surface area contributed by atoms with Crippen molar-refractivity contribution in [2.24, 2.45) is 0 Å². The lowest BCUT2D eigenvalue weighted by Crippen LogP contribution is -1.95. The molecule has 0 amide bonds. The standard InChI is InChI=1S/C10H12O2/c1-3-10(12-2)8-4-6-9(11)7-5-8/h3-7,10-11H,1H2,2H3. The Balaban J connectivity index is 2.87. The summed E-state index contributed by atoms with van der Waals surface area (Å²) in [5, 5.41) is 9.02. The van der Waals surface area contributed by atoms with Gasteiger partial charge in [-0.3, -0.25) is 0 Å². The normalized spacial score (nSPS) is 12.4. The first-order valence-electron chi connectivity index (χ1n) is 3.72. The molecule has 0 fully saturated rings. The number of rotatable bonds is 3. The number of methoxy groups -OCH3 is 1. The van der Waals surface area contributed by atoms with E-state index in [1.54, 1.807) is 25.3 Å². The number of phenols is 1. The highest BCUT2D eigenvalue weighted by atomic mass is 16.5. The van der Waals surface area contributed by atoms with Gasteiger partial charge in [-0.05, 0) is 17.7 Å². The molecule has 2 nitrogen and oxygen atoms in total. The largest absolute Gasteiger partial charge is 0.508 e. The summed E-state index contributed by atoms with van der Waals surface area (Å²) in [7, 11) is 1.62. The molecule has 1 rings (SSSR count). The second kappa shape index (κ2) is 3.93. The highest BCUT2D eigenvalue weighted by Crippen LogP contribution is 2.19. The minimum Gasteiger partial charge on any atom is -0.508 e. The summed E-state index contributed by atoms with van der Waals surface area (Å²) in [5.74, 6) is 0.262. The van der Waals surface area contributed by atoms with Gasteiger partial charge in [0, 0.05) is 7.11 Å². The fourth-order valence-electron chi connectivity index (χ4n) is 1.03. The molecule has 2 heteroatoms. The summed E-state index contributed by atoms with van der Waals surface area (Å²) in [6, 6.07) is 6.88. The Morgan fingerprint density at radius 3 is 2.42 bits per heavy atom. The quantitative estimate of drug-likeness (QED) is 0.694. The van der Waals surface area contributed by atoms with Gasteiger partial charge in [-0.1, -0.05) is 18.2 Å². The number of aromatic hydroxyl groups is 1. The van der Waals surface area contributed by atoms with Crippen LogP contribution in [0.3, 0.4) is 0 Å². The predicted octanol–water partition coefficient (Wildman–Crippen LogP) is 2.27. The van der Waals surface area contributed by atoms with Crippen molar-refractivity contribution >= 4 is 0 Å². The van der Waals surface area contributed by atoms with Crippen LogP contribution in [0.25, 0.3) is 0 Å². The first-order chi connectivity index (χ1) is 5.77. The van der Waals surface area contributed by atoms with Crippen LogP contribution in [0.2, 0.25) is 0 Å². The molecule has 0 bridgehead atoms. The molecule has 0 aromatic heterocycles. The predicted molar refractivity (Wildman–Crippen MR) is 48.1 cm³/mol. The lowest BCUT2D eigenvalue weighted by atomic mass is 10.1. The van der Waals surface area contributed by atoms with E-state index in [-0.39, 0.29) is 11.9 Å². The molecule has 0 aliphatic rings. The van der Waals surface area contributed by atoms with E-state index >= 15 is 0 Å². The monoisotopic (exact) mass is 164 g/mol. The highest BCUT2D eigenvalue weighted by Gasteiger charge is 2.03. The SMILES string of the molecule is C=CC(OC)c1ccc(O)cc1. The van der Waals surface area contributed by atoms with Crippen molar-refractivity contribution in [3.05, 3.63) is 42.5 Å². The summed E-state index contributed by atoms with van der Waals surface area (Å²) in [4.78, 5) is 0. The molecule has 0 spiro atoms. The fourth-order valence-corrected chi connectivity index (χ4v) is 1.03. The van der Waals surface area contributed by atoms with Gasteiger partial charge in [-0.25, -0.2) is 0 Å². The van der Waals surface area contributed by atoms with E-state index in [4.69, 9.17) is 9.84 Å². The first-order valence-corrected chi connectivity index (χ1v) is 3.72. The molecule has 0 heterocycles. The minimum atomic E-state index is -0.0920. The van der Waals surface area contributed by atoms with Gasteiger partial charge in [0.15, 0.2) is 0 Å². The number of benzene rings is 1. The lowest BCUT2D eigenvalue weighted by molar-refractivity contribution is 0.143. The van der Waals surface area contributed by atoms with Gasteiger partial charge in [0.05, 0.1) is 6.10 Å². The van der Waals surface area contributed by atoms with E-state index in [0.717, 1.165) is 5.56 Å². The summed E-state index contributed by atoms with van der Waals surface area (Å²) < 4.78 is 5.13. The topological polar surface area (TPSA) is 29.5 Å². The summed E-state index contributed by atoms with van der Waals surface area (Å²) in [6.07, 6.45) is 1.62. The Kier molecular flexibility index (Phi) is 2.88. The van der Waals surface area contributed by atoms with Crippen molar-refractivity contribution < 1.29 is 9.84 Å². The summed E-state index contributed by atoms with van der Waals surface area (Å²) >= 11 is 0. The molecule has 12 heavy (non-hydrogen) atoms. The highest BCUT2D eigenvalue weighted by molar-refractivity contribution is 5.28. The van der Waals surface area contributed by atoms with Crippen molar-refractivity contribution in [1.29, 1.82) is 0 Å². The molecule has 1 N–H and O–H groups in total. The summed E-state index contributed by atoms with van der Waals surface area (Å²) in [5.41, 5.74) is 0.991. The van der Waals surface area contributed by atoms with Crippen molar-refractivity contribution in [2.75, 3.05) is 7.11 Å². The maximum atomic E-state index is 9.02. The third kappa shape index (κ3) is 1.86. The Hall–Kier alpha value is -1.28. The van der Waals surface area contributed by atoms with E-state index < -0.39 is 0 Å². The number of ether oxygens (including phenoxy) is 1. The van der Waals surface area contributed by atoms with Crippen LogP contribution < -0.4 is 0 Å². The molecular weight excluding hydrogens is 152 g/mol. The first kappa shape index (κ1) is 8.81. The number of phenolic OH excluding ortho intramolecular Hbond substituents is 1. The molecule has 1 aromatic carbocycles.